The summed E-state index contributed by atoms with van der Waals surface area (Å²) in [7, 11) is 0. The molecular weight excluding hydrogens is 274 g/mol. The van der Waals surface area contributed by atoms with Crippen molar-refractivity contribution in [2.24, 2.45) is 0 Å². The lowest BCUT2D eigenvalue weighted by atomic mass is 10.1. The van der Waals surface area contributed by atoms with Gasteiger partial charge in [0.1, 0.15) is 11.4 Å². The molecule has 0 radical (unpaired) electrons. The van der Waals surface area contributed by atoms with Gasteiger partial charge in [-0.05, 0) is 50.0 Å². The third kappa shape index (κ3) is 4.31. The van der Waals surface area contributed by atoms with Crippen molar-refractivity contribution in [3.8, 4) is 5.75 Å². The van der Waals surface area contributed by atoms with Crippen LogP contribution in [0.4, 0.5) is 0 Å². The standard InChI is InChI=1S/C14H17N3O2S/c1-14(2,3)19-11-6-4-10(5-7-11)8-15-13(18)12-9-20-17-16-12/h4-7,9H,8H2,1-3H3,(H,15,18). The van der Waals surface area contributed by atoms with E-state index in [1.165, 1.54) is 0 Å². The normalized spacial score (nSPS) is 11.2. The Hall–Kier alpha value is -1.95. The lowest BCUT2D eigenvalue weighted by Crippen LogP contribution is -2.23. The van der Waals surface area contributed by atoms with Crippen LogP contribution in [-0.4, -0.2) is 21.1 Å². The molecule has 20 heavy (non-hydrogen) atoms. The number of hydrogen-bond acceptors (Lipinski definition) is 5. The number of ether oxygens (including phenoxy) is 1. The number of amides is 1. The van der Waals surface area contributed by atoms with Crippen LogP contribution in [0.15, 0.2) is 29.6 Å². The van der Waals surface area contributed by atoms with E-state index in [1.54, 1.807) is 5.38 Å². The molecule has 0 fully saturated rings. The van der Waals surface area contributed by atoms with Crippen LogP contribution < -0.4 is 10.1 Å². The fraction of sp³-hybridized carbons (Fsp3) is 0.357. The Bertz CT molecular complexity index is 559. The largest absolute Gasteiger partial charge is 0.488 e. The van der Waals surface area contributed by atoms with Gasteiger partial charge in [-0.1, -0.05) is 16.6 Å². The van der Waals surface area contributed by atoms with Gasteiger partial charge in [0.25, 0.3) is 5.91 Å². The van der Waals surface area contributed by atoms with E-state index in [0.717, 1.165) is 22.8 Å². The molecule has 0 saturated carbocycles. The monoisotopic (exact) mass is 291 g/mol. The van der Waals surface area contributed by atoms with E-state index in [1.807, 2.05) is 45.0 Å². The van der Waals surface area contributed by atoms with E-state index in [4.69, 9.17) is 4.74 Å². The summed E-state index contributed by atoms with van der Waals surface area (Å²) in [6.45, 7) is 6.46. The van der Waals surface area contributed by atoms with Crippen LogP contribution in [0.3, 0.4) is 0 Å². The van der Waals surface area contributed by atoms with Gasteiger partial charge < -0.3 is 10.1 Å². The second-order valence-electron chi connectivity index (χ2n) is 5.33. The topological polar surface area (TPSA) is 64.1 Å². The van der Waals surface area contributed by atoms with Gasteiger partial charge in [0.2, 0.25) is 0 Å². The number of hydrogen-bond donors (Lipinski definition) is 1. The zero-order valence-electron chi connectivity index (χ0n) is 11.7. The third-order valence-corrected chi connectivity index (χ3v) is 2.90. The van der Waals surface area contributed by atoms with Crippen LogP contribution in [0.25, 0.3) is 0 Å². The predicted octanol–water partition coefficient (Wildman–Crippen LogP) is 2.65. The molecule has 5 nitrogen and oxygen atoms in total. The predicted molar refractivity (Wildman–Crippen MR) is 77.9 cm³/mol. The van der Waals surface area contributed by atoms with E-state index >= 15 is 0 Å². The van der Waals surface area contributed by atoms with Crippen molar-refractivity contribution in [1.29, 1.82) is 0 Å². The van der Waals surface area contributed by atoms with Gasteiger partial charge >= 0.3 is 0 Å². The van der Waals surface area contributed by atoms with E-state index in [-0.39, 0.29) is 11.5 Å². The highest BCUT2D eigenvalue weighted by Crippen LogP contribution is 2.18. The molecule has 2 aromatic rings. The Morgan fingerprint density at radius 2 is 2.00 bits per heavy atom. The number of aromatic nitrogens is 2. The Morgan fingerprint density at radius 3 is 2.55 bits per heavy atom. The molecule has 1 amide bonds. The maximum Gasteiger partial charge on any atom is 0.273 e. The van der Waals surface area contributed by atoms with Gasteiger partial charge in [-0.25, -0.2) is 0 Å². The zero-order chi connectivity index (χ0) is 14.6. The van der Waals surface area contributed by atoms with Crippen molar-refractivity contribution in [3.05, 3.63) is 40.9 Å². The van der Waals surface area contributed by atoms with Gasteiger partial charge in [0.05, 0.1) is 0 Å². The fourth-order valence-electron chi connectivity index (χ4n) is 1.57. The lowest BCUT2D eigenvalue weighted by molar-refractivity contribution is 0.0946. The van der Waals surface area contributed by atoms with Gasteiger partial charge in [-0.2, -0.15) is 0 Å². The van der Waals surface area contributed by atoms with Gasteiger partial charge in [0, 0.05) is 11.9 Å². The summed E-state index contributed by atoms with van der Waals surface area (Å²) in [4.78, 5) is 11.7. The molecule has 1 aromatic heterocycles. The van der Waals surface area contributed by atoms with Crippen LogP contribution in [0, 0.1) is 0 Å². The minimum absolute atomic E-state index is 0.214. The first-order valence-electron chi connectivity index (χ1n) is 6.27. The molecule has 0 aliphatic heterocycles. The second-order valence-corrected chi connectivity index (χ2v) is 5.94. The van der Waals surface area contributed by atoms with Gasteiger partial charge in [-0.3, -0.25) is 4.79 Å². The van der Waals surface area contributed by atoms with Crippen LogP contribution in [0.2, 0.25) is 0 Å². The molecule has 0 saturated heterocycles. The summed E-state index contributed by atoms with van der Waals surface area (Å²) >= 11 is 1.16. The number of carbonyl (C=O) groups excluding carboxylic acids is 1. The number of benzene rings is 1. The molecule has 0 aliphatic carbocycles. The zero-order valence-corrected chi connectivity index (χ0v) is 12.5. The third-order valence-electron chi connectivity index (χ3n) is 2.39. The number of nitrogens with zero attached hydrogens (tertiary/aromatic N) is 2. The van der Waals surface area contributed by atoms with E-state index in [2.05, 4.69) is 14.9 Å². The number of rotatable bonds is 4. The summed E-state index contributed by atoms with van der Waals surface area (Å²) in [6, 6.07) is 7.66. The minimum atomic E-state index is -0.215. The van der Waals surface area contributed by atoms with Gasteiger partial charge in [0.15, 0.2) is 5.69 Å². The summed E-state index contributed by atoms with van der Waals surface area (Å²) in [6.07, 6.45) is 0. The van der Waals surface area contributed by atoms with Crippen molar-refractivity contribution in [1.82, 2.24) is 14.9 Å². The van der Waals surface area contributed by atoms with Crippen LogP contribution in [0.5, 0.6) is 5.75 Å². The molecule has 1 N–H and O–H groups in total. The molecule has 6 heteroatoms. The number of carbonyl (C=O) groups is 1. The Balaban J connectivity index is 1.89. The van der Waals surface area contributed by atoms with Gasteiger partial charge in [-0.15, -0.1) is 5.10 Å². The Morgan fingerprint density at radius 1 is 1.30 bits per heavy atom. The highest BCUT2D eigenvalue weighted by atomic mass is 32.1. The Kier molecular flexibility index (Phi) is 4.34. The van der Waals surface area contributed by atoms with E-state index < -0.39 is 0 Å². The second kappa shape index (κ2) is 6.00. The van der Waals surface area contributed by atoms with Crippen molar-refractivity contribution < 1.29 is 9.53 Å². The molecule has 0 atom stereocenters. The number of nitrogens with one attached hydrogen (secondary N) is 1. The molecule has 0 unspecified atom stereocenters. The molecule has 0 aliphatic rings. The molecule has 2 rings (SSSR count). The molecule has 1 aromatic carbocycles. The summed E-state index contributed by atoms with van der Waals surface area (Å²) in [5.41, 5.74) is 1.14. The first kappa shape index (κ1) is 14.5. The van der Waals surface area contributed by atoms with Crippen molar-refractivity contribution in [3.63, 3.8) is 0 Å². The van der Waals surface area contributed by atoms with Crippen LogP contribution >= 0.6 is 11.5 Å². The van der Waals surface area contributed by atoms with Crippen LogP contribution in [-0.2, 0) is 6.54 Å². The molecule has 0 spiro atoms. The first-order valence-corrected chi connectivity index (χ1v) is 7.11. The van der Waals surface area contributed by atoms with Crippen molar-refractivity contribution in [2.45, 2.75) is 32.9 Å². The average Bonchev–Trinajstić information content (AvgIpc) is 2.89. The van der Waals surface area contributed by atoms with Crippen LogP contribution in [0.1, 0.15) is 36.8 Å². The van der Waals surface area contributed by atoms with Crippen molar-refractivity contribution in [2.75, 3.05) is 0 Å². The van der Waals surface area contributed by atoms with Crippen molar-refractivity contribution >= 4 is 17.4 Å². The lowest BCUT2D eigenvalue weighted by Gasteiger charge is -2.21. The molecule has 0 bridgehead atoms. The quantitative estimate of drug-likeness (QED) is 0.940. The maximum atomic E-state index is 11.7. The van der Waals surface area contributed by atoms with E-state index in [9.17, 15) is 4.79 Å². The highest BCUT2D eigenvalue weighted by Gasteiger charge is 2.11. The minimum Gasteiger partial charge on any atom is -0.488 e. The summed E-state index contributed by atoms with van der Waals surface area (Å²) < 4.78 is 9.40. The van der Waals surface area contributed by atoms with E-state index in [0.29, 0.717) is 12.2 Å². The summed E-state index contributed by atoms with van der Waals surface area (Å²) in [5.74, 6) is 0.602. The summed E-state index contributed by atoms with van der Waals surface area (Å²) in [5, 5.41) is 8.13. The molecular formula is C14H17N3O2S. The maximum absolute atomic E-state index is 11.7. The SMILES string of the molecule is CC(C)(C)Oc1ccc(CNC(=O)c2csnn2)cc1. The average molecular weight is 291 g/mol. The Labute approximate surface area is 122 Å². The first-order chi connectivity index (χ1) is 9.44. The highest BCUT2D eigenvalue weighted by molar-refractivity contribution is 7.03. The molecule has 1 heterocycles. The molecule has 106 valence electrons. The fourth-order valence-corrected chi connectivity index (χ4v) is 2.00. The smallest absolute Gasteiger partial charge is 0.273 e.